The second kappa shape index (κ2) is 6.74. The summed E-state index contributed by atoms with van der Waals surface area (Å²) in [5, 5.41) is 9.24. The molecule has 1 rings (SSSR count). The fourth-order valence-electron chi connectivity index (χ4n) is 1.67. The molecule has 3 N–H and O–H groups in total. The number of nitrogens with two attached hydrogens (primary N) is 1. The van der Waals surface area contributed by atoms with Crippen molar-refractivity contribution in [2.45, 2.75) is 30.7 Å². The molecule has 3 atom stereocenters. The van der Waals surface area contributed by atoms with Crippen LogP contribution in [0.3, 0.4) is 0 Å². The molecule has 6 nitrogen and oxygen atoms in total. The van der Waals surface area contributed by atoms with E-state index in [4.69, 9.17) is 10.5 Å². The highest BCUT2D eigenvalue weighted by molar-refractivity contribution is 8.01. The van der Waals surface area contributed by atoms with Crippen molar-refractivity contribution in [1.29, 1.82) is 0 Å². The van der Waals surface area contributed by atoms with Crippen molar-refractivity contribution < 1.29 is 23.1 Å². The minimum Gasteiger partial charge on any atom is -0.465 e. The van der Waals surface area contributed by atoms with E-state index in [2.05, 4.69) is 0 Å². The topological polar surface area (TPSA) is 107 Å². The lowest BCUT2D eigenvalue weighted by molar-refractivity contribution is -0.144. The Morgan fingerprint density at radius 3 is 2.72 bits per heavy atom. The van der Waals surface area contributed by atoms with E-state index in [1.165, 1.54) is 11.8 Å². The number of sulfone groups is 1. The summed E-state index contributed by atoms with van der Waals surface area (Å²) in [6, 6.07) is -0.687. The highest BCUT2D eigenvalue weighted by Gasteiger charge is 2.36. The third kappa shape index (κ3) is 4.75. The fraction of sp³-hybridized carbons (Fsp3) is 0.900. The van der Waals surface area contributed by atoms with Gasteiger partial charge in [0.25, 0.3) is 0 Å². The van der Waals surface area contributed by atoms with E-state index in [1.807, 2.05) is 0 Å². The molecule has 1 heterocycles. The lowest BCUT2D eigenvalue weighted by Crippen LogP contribution is -2.33. The third-order valence-corrected chi connectivity index (χ3v) is 5.93. The number of carbonyl (C=O) groups excluding carboxylic acids is 1. The molecule has 0 aromatic heterocycles. The average molecular weight is 297 g/mol. The summed E-state index contributed by atoms with van der Waals surface area (Å²) in [6.07, 6.45) is -0.411. The first-order valence-electron chi connectivity index (χ1n) is 5.78. The lowest BCUT2D eigenvalue weighted by atomic mass is 10.2. The van der Waals surface area contributed by atoms with Crippen LogP contribution in [0.4, 0.5) is 0 Å². The van der Waals surface area contributed by atoms with Crippen LogP contribution in [0.5, 0.6) is 0 Å². The van der Waals surface area contributed by atoms with Crippen LogP contribution < -0.4 is 5.73 Å². The maximum absolute atomic E-state index is 11.3. The molecule has 0 spiro atoms. The smallest absolute Gasteiger partial charge is 0.322 e. The molecule has 0 aromatic carbocycles. The summed E-state index contributed by atoms with van der Waals surface area (Å²) >= 11 is 1.34. The molecule has 0 aromatic rings. The molecule has 1 fully saturated rings. The molecule has 106 valence electrons. The Hall–Kier alpha value is -0.310. The number of aliphatic hydroxyl groups is 1. The molecule has 0 amide bonds. The van der Waals surface area contributed by atoms with Crippen molar-refractivity contribution in [3.8, 4) is 0 Å². The monoisotopic (exact) mass is 297 g/mol. The van der Waals surface area contributed by atoms with Crippen LogP contribution in [0.1, 0.15) is 13.3 Å². The van der Waals surface area contributed by atoms with Crippen molar-refractivity contribution in [2.75, 3.05) is 23.9 Å². The standard InChI is InChI=1S/C10H19NO5S2/c1-2-16-10(13)7(11)3-4-17-9-6-18(14,15)5-8(9)12/h7-9,12H,2-6,11H2,1H3. The Kier molecular flexibility index (Phi) is 5.90. The number of carbonyl (C=O) groups is 1. The van der Waals surface area contributed by atoms with Crippen molar-refractivity contribution in [3.05, 3.63) is 0 Å². The zero-order valence-corrected chi connectivity index (χ0v) is 11.9. The summed E-state index contributed by atoms with van der Waals surface area (Å²) in [4.78, 5) is 11.2. The molecule has 1 aliphatic rings. The van der Waals surface area contributed by atoms with Gasteiger partial charge < -0.3 is 15.6 Å². The van der Waals surface area contributed by atoms with Crippen molar-refractivity contribution >= 4 is 27.6 Å². The maximum atomic E-state index is 11.3. The Balaban J connectivity index is 2.28. The van der Waals surface area contributed by atoms with Gasteiger partial charge >= 0.3 is 5.97 Å². The molecule has 8 heteroatoms. The average Bonchev–Trinajstić information content (AvgIpc) is 2.52. The van der Waals surface area contributed by atoms with Gasteiger partial charge in [0.15, 0.2) is 9.84 Å². The first-order valence-corrected chi connectivity index (χ1v) is 8.65. The predicted molar refractivity (Wildman–Crippen MR) is 70.1 cm³/mol. The van der Waals surface area contributed by atoms with Crippen molar-refractivity contribution in [3.63, 3.8) is 0 Å². The first kappa shape index (κ1) is 15.7. The Labute approximate surface area is 111 Å². The van der Waals surface area contributed by atoms with E-state index in [0.29, 0.717) is 18.8 Å². The molecular weight excluding hydrogens is 278 g/mol. The number of thioether (sulfide) groups is 1. The van der Waals surface area contributed by atoms with Gasteiger partial charge in [0.1, 0.15) is 6.04 Å². The zero-order valence-electron chi connectivity index (χ0n) is 10.2. The van der Waals surface area contributed by atoms with Gasteiger partial charge in [0.2, 0.25) is 0 Å². The second-order valence-electron chi connectivity index (χ2n) is 4.20. The largest absolute Gasteiger partial charge is 0.465 e. The Morgan fingerprint density at radius 2 is 2.22 bits per heavy atom. The molecule has 3 unspecified atom stereocenters. The zero-order chi connectivity index (χ0) is 13.8. The molecule has 1 aliphatic heterocycles. The Morgan fingerprint density at radius 1 is 1.56 bits per heavy atom. The second-order valence-corrected chi connectivity index (χ2v) is 7.70. The number of ether oxygens (including phenoxy) is 1. The predicted octanol–water partition coefficient (Wildman–Crippen LogP) is -0.842. The van der Waals surface area contributed by atoms with E-state index in [9.17, 15) is 18.3 Å². The molecule has 0 aliphatic carbocycles. The number of hydrogen-bond donors (Lipinski definition) is 2. The molecule has 0 radical (unpaired) electrons. The lowest BCUT2D eigenvalue weighted by Gasteiger charge is -2.14. The van der Waals surface area contributed by atoms with Gasteiger partial charge in [-0.15, -0.1) is 0 Å². The van der Waals surface area contributed by atoms with Gasteiger partial charge in [-0.05, 0) is 19.1 Å². The molecule has 18 heavy (non-hydrogen) atoms. The summed E-state index contributed by atoms with van der Waals surface area (Å²) in [5.41, 5.74) is 5.61. The molecule has 1 saturated heterocycles. The van der Waals surface area contributed by atoms with E-state index >= 15 is 0 Å². The van der Waals surface area contributed by atoms with Crippen LogP contribution >= 0.6 is 11.8 Å². The summed E-state index contributed by atoms with van der Waals surface area (Å²) in [5.74, 6) is -0.100. The first-order chi connectivity index (χ1) is 8.35. The van der Waals surface area contributed by atoms with Crippen LogP contribution in [0, 0.1) is 0 Å². The van der Waals surface area contributed by atoms with E-state index in [1.54, 1.807) is 6.92 Å². The van der Waals surface area contributed by atoms with Crippen molar-refractivity contribution in [2.24, 2.45) is 5.73 Å². The van der Waals surface area contributed by atoms with Crippen molar-refractivity contribution in [1.82, 2.24) is 0 Å². The summed E-state index contributed by atoms with van der Waals surface area (Å²) in [7, 11) is -3.11. The Bertz CT molecular complexity index is 384. The number of hydrogen-bond acceptors (Lipinski definition) is 7. The number of esters is 1. The van der Waals surface area contributed by atoms with E-state index in [0.717, 1.165) is 0 Å². The van der Waals surface area contributed by atoms with Crippen LogP contribution in [0.25, 0.3) is 0 Å². The van der Waals surface area contributed by atoms with Crippen LogP contribution in [-0.2, 0) is 19.4 Å². The minimum atomic E-state index is -3.11. The number of aliphatic hydroxyl groups excluding tert-OH is 1. The van der Waals surface area contributed by atoms with Gasteiger partial charge in [-0.3, -0.25) is 4.79 Å². The third-order valence-electron chi connectivity index (χ3n) is 2.62. The van der Waals surface area contributed by atoms with Gasteiger partial charge in [0, 0.05) is 5.25 Å². The van der Waals surface area contributed by atoms with Crippen LogP contribution in [0.2, 0.25) is 0 Å². The van der Waals surface area contributed by atoms with E-state index in [-0.39, 0.29) is 16.8 Å². The molecular formula is C10H19NO5S2. The maximum Gasteiger partial charge on any atom is 0.322 e. The molecule has 0 saturated carbocycles. The van der Waals surface area contributed by atoms with E-state index < -0.39 is 28.0 Å². The van der Waals surface area contributed by atoms with Gasteiger partial charge in [-0.1, -0.05) is 0 Å². The summed E-state index contributed by atoms with van der Waals surface area (Å²) in [6.45, 7) is 2.00. The minimum absolute atomic E-state index is 0.00647. The highest BCUT2D eigenvalue weighted by atomic mass is 32.2. The van der Waals surface area contributed by atoms with Gasteiger partial charge in [0.05, 0.1) is 24.2 Å². The normalized spacial score (nSPS) is 27.9. The number of rotatable bonds is 6. The van der Waals surface area contributed by atoms with Gasteiger partial charge in [-0.2, -0.15) is 11.8 Å². The SMILES string of the molecule is CCOC(=O)C(N)CCSC1CS(=O)(=O)CC1O. The molecule has 0 bridgehead atoms. The van der Waals surface area contributed by atoms with Crippen LogP contribution in [-0.4, -0.2) is 60.8 Å². The fourth-order valence-corrected chi connectivity index (χ4v) is 5.42. The quantitative estimate of drug-likeness (QED) is 0.615. The summed E-state index contributed by atoms with van der Waals surface area (Å²) < 4.78 is 27.3. The van der Waals surface area contributed by atoms with Gasteiger partial charge in [-0.25, -0.2) is 8.42 Å². The highest BCUT2D eigenvalue weighted by Crippen LogP contribution is 2.25. The van der Waals surface area contributed by atoms with Crippen LogP contribution in [0.15, 0.2) is 0 Å².